The first kappa shape index (κ1) is 11.1. The predicted octanol–water partition coefficient (Wildman–Crippen LogP) is 0.225. The topological polar surface area (TPSA) is 0 Å². The van der Waals surface area contributed by atoms with Gasteiger partial charge in [0.15, 0.2) is 0 Å². The van der Waals surface area contributed by atoms with Crippen LogP contribution in [0.25, 0.3) is 0 Å². The Hall–Kier alpha value is 0.980. The number of hydrogen-bond acceptors (Lipinski definition) is 0. The first-order valence-corrected chi connectivity index (χ1v) is 9.04. The van der Waals surface area contributed by atoms with E-state index in [4.69, 9.17) is 0 Å². The van der Waals surface area contributed by atoms with Crippen LogP contribution in [-0.2, 0) is 0 Å². The van der Waals surface area contributed by atoms with Crippen molar-refractivity contribution in [3.05, 3.63) is 15.4 Å². The summed E-state index contributed by atoms with van der Waals surface area (Å²) in [4.78, 5) is 2.27. The predicted molar refractivity (Wildman–Crippen MR) is 58.3 cm³/mol. The Bertz CT molecular complexity index is 222. The normalized spacial score (nSPS) is 26.3. The van der Waals surface area contributed by atoms with Crippen molar-refractivity contribution < 1.29 is 21.2 Å². The Morgan fingerprint density at radius 3 is 2.83 bits per heavy atom. The van der Waals surface area contributed by atoms with Crippen LogP contribution in [0.15, 0.2) is 15.4 Å². The van der Waals surface area contributed by atoms with Gasteiger partial charge in [-0.05, 0) is 0 Å². The van der Waals surface area contributed by atoms with E-state index in [2.05, 4.69) is 51.2 Å². The van der Waals surface area contributed by atoms with Gasteiger partial charge >= 0.3 is 100 Å². The number of halogens is 2. The second kappa shape index (κ2) is 4.47. The van der Waals surface area contributed by atoms with Crippen LogP contribution in [0.3, 0.4) is 0 Å². The average Bonchev–Trinajstić information content (AvgIpc) is 2.03. The fourth-order valence-electron chi connectivity index (χ4n) is 1.49. The van der Waals surface area contributed by atoms with Gasteiger partial charge < -0.3 is 0 Å². The maximum absolute atomic E-state index is 3.46. The van der Waals surface area contributed by atoms with Gasteiger partial charge in [0.05, 0.1) is 0 Å². The SMILES string of the molecule is C[I-]C=C=C1CC(CI)C1(C)C. The van der Waals surface area contributed by atoms with Crippen molar-refractivity contribution in [1.29, 1.82) is 0 Å². The van der Waals surface area contributed by atoms with Crippen LogP contribution in [0.1, 0.15) is 20.3 Å². The zero-order chi connectivity index (χ0) is 9.19. The molecule has 1 unspecified atom stereocenters. The molecule has 0 spiro atoms. The minimum absolute atomic E-state index is 0.282. The van der Waals surface area contributed by atoms with E-state index in [1.807, 2.05) is 0 Å². The molecule has 0 radical (unpaired) electrons. The summed E-state index contributed by atoms with van der Waals surface area (Å²) in [6, 6.07) is 0. The molecule has 0 amide bonds. The monoisotopic (exact) mass is 389 g/mol. The molecule has 2 heteroatoms. The molecule has 0 bridgehead atoms. The van der Waals surface area contributed by atoms with Gasteiger partial charge in [0.1, 0.15) is 0 Å². The van der Waals surface area contributed by atoms with Gasteiger partial charge in [0, 0.05) is 0 Å². The van der Waals surface area contributed by atoms with Crippen molar-refractivity contribution in [2.24, 2.45) is 11.3 Å². The third-order valence-corrected chi connectivity index (χ3v) is 4.77. The van der Waals surface area contributed by atoms with E-state index in [-0.39, 0.29) is 21.2 Å². The molecular formula is C10H15I2-. The number of hydrogen-bond donors (Lipinski definition) is 0. The molecule has 0 heterocycles. The third-order valence-electron chi connectivity index (χ3n) is 2.77. The van der Waals surface area contributed by atoms with Gasteiger partial charge in [0.2, 0.25) is 0 Å². The molecule has 1 aliphatic carbocycles. The molecule has 0 aliphatic heterocycles. The second-order valence-electron chi connectivity index (χ2n) is 3.73. The number of rotatable bonds is 2. The van der Waals surface area contributed by atoms with E-state index in [1.54, 1.807) is 5.57 Å². The molecule has 1 fully saturated rings. The summed E-state index contributed by atoms with van der Waals surface area (Å²) in [5.41, 5.74) is 5.45. The molecule has 70 valence electrons. The fourth-order valence-corrected chi connectivity index (χ4v) is 3.59. The van der Waals surface area contributed by atoms with E-state index >= 15 is 0 Å². The van der Waals surface area contributed by atoms with E-state index in [0.29, 0.717) is 5.41 Å². The quantitative estimate of drug-likeness (QED) is 0.361. The molecule has 1 atom stereocenters. The Balaban J connectivity index is 2.71. The summed E-state index contributed by atoms with van der Waals surface area (Å²) < 4.78 is 3.55. The van der Waals surface area contributed by atoms with E-state index in [0.717, 1.165) is 5.92 Å². The molecule has 0 saturated heterocycles. The van der Waals surface area contributed by atoms with Crippen LogP contribution in [0, 0.1) is 11.3 Å². The van der Waals surface area contributed by atoms with Crippen molar-refractivity contribution in [3.8, 4) is 0 Å². The van der Waals surface area contributed by atoms with Crippen LogP contribution in [0.5, 0.6) is 0 Å². The number of alkyl halides is 2. The Labute approximate surface area is 99.3 Å². The summed E-state index contributed by atoms with van der Waals surface area (Å²) in [6.07, 6.45) is 1.29. The van der Waals surface area contributed by atoms with Crippen molar-refractivity contribution >= 4 is 22.6 Å². The van der Waals surface area contributed by atoms with Gasteiger partial charge in [-0.2, -0.15) is 0 Å². The third kappa shape index (κ3) is 2.07. The van der Waals surface area contributed by atoms with Crippen LogP contribution in [-0.4, -0.2) is 9.36 Å². The van der Waals surface area contributed by atoms with E-state index in [9.17, 15) is 0 Å². The van der Waals surface area contributed by atoms with Gasteiger partial charge in [-0.1, -0.05) is 0 Å². The molecule has 0 aromatic heterocycles. The van der Waals surface area contributed by atoms with Crippen molar-refractivity contribution in [1.82, 2.24) is 0 Å². The minimum atomic E-state index is 0.282. The Morgan fingerprint density at radius 2 is 2.42 bits per heavy atom. The van der Waals surface area contributed by atoms with Gasteiger partial charge in [-0.3, -0.25) is 0 Å². The summed E-state index contributed by atoms with van der Waals surface area (Å²) >= 11 is 2.77. The second-order valence-corrected chi connectivity index (χ2v) is 6.48. The molecule has 1 rings (SSSR count). The first-order valence-electron chi connectivity index (χ1n) is 4.11. The summed E-state index contributed by atoms with van der Waals surface area (Å²) in [7, 11) is 0. The average molecular weight is 389 g/mol. The van der Waals surface area contributed by atoms with Gasteiger partial charge in [-0.15, -0.1) is 0 Å². The van der Waals surface area contributed by atoms with Gasteiger partial charge in [0.25, 0.3) is 0 Å². The fraction of sp³-hybridized carbons (Fsp3) is 0.700. The maximum atomic E-state index is 3.46. The van der Waals surface area contributed by atoms with Gasteiger partial charge in [-0.25, -0.2) is 0 Å². The van der Waals surface area contributed by atoms with Crippen LogP contribution in [0.4, 0.5) is 0 Å². The summed E-state index contributed by atoms with van der Waals surface area (Å²) in [6.45, 7) is 4.70. The van der Waals surface area contributed by atoms with E-state index in [1.165, 1.54) is 10.8 Å². The van der Waals surface area contributed by atoms with Crippen molar-refractivity contribution in [3.63, 3.8) is 0 Å². The standard InChI is InChI=1S/C10H15I2/c1-10(2)8(4-5-12-3)6-9(10)7-11/h5,9H,6-7H2,1-3H3/q-1. The molecular weight excluding hydrogens is 374 g/mol. The zero-order valence-electron chi connectivity index (χ0n) is 7.82. The zero-order valence-corrected chi connectivity index (χ0v) is 12.1. The van der Waals surface area contributed by atoms with Crippen molar-refractivity contribution in [2.75, 3.05) is 9.36 Å². The molecule has 0 N–H and O–H groups in total. The van der Waals surface area contributed by atoms with Crippen LogP contribution >= 0.6 is 22.6 Å². The molecule has 1 saturated carbocycles. The van der Waals surface area contributed by atoms with Crippen molar-refractivity contribution in [2.45, 2.75) is 20.3 Å². The molecule has 0 aromatic rings. The Kier molecular flexibility index (Phi) is 4.12. The summed E-state index contributed by atoms with van der Waals surface area (Å²) in [5.74, 6) is 0.893. The Morgan fingerprint density at radius 1 is 1.75 bits per heavy atom. The number of allylic oxidation sites excluding steroid dienone is 1. The molecule has 0 nitrogen and oxygen atoms in total. The van der Waals surface area contributed by atoms with Crippen LogP contribution in [0.2, 0.25) is 0 Å². The van der Waals surface area contributed by atoms with Crippen LogP contribution < -0.4 is 21.2 Å². The molecule has 1 aliphatic rings. The molecule has 0 aromatic carbocycles. The molecule has 12 heavy (non-hydrogen) atoms. The summed E-state index contributed by atoms with van der Waals surface area (Å²) in [5, 5.41) is 0. The van der Waals surface area contributed by atoms with E-state index < -0.39 is 0 Å². The first-order chi connectivity index (χ1) is 5.62.